The molecule has 3 rings (SSSR count). The van der Waals surface area contributed by atoms with Gasteiger partial charge in [0.25, 0.3) is 0 Å². The fraction of sp³-hybridized carbons (Fsp3) is 0.769. The zero-order chi connectivity index (χ0) is 11.1. The molecule has 3 atom stereocenters. The Balaban J connectivity index is 1.66. The molecular formula is C13H21N3. The van der Waals surface area contributed by atoms with Crippen molar-refractivity contribution in [3.8, 4) is 0 Å². The van der Waals surface area contributed by atoms with E-state index >= 15 is 0 Å². The van der Waals surface area contributed by atoms with Gasteiger partial charge in [-0.1, -0.05) is 6.92 Å². The minimum Gasteiger partial charge on any atom is -0.324 e. The molecule has 0 saturated heterocycles. The zero-order valence-electron chi connectivity index (χ0n) is 9.97. The van der Waals surface area contributed by atoms with E-state index in [2.05, 4.69) is 18.2 Å². The highest BCUT2D eigenvalue weighted by Gasteiger charge is 2.47. The van der Waals surface area contributed by atoms with Gasteiger partial charge in [0.2, 0.25) is 0 Å². The van der Waals surface area contributed by atoms with Gasteiger partial charge in [0.1, 0.15) is 0 Å². The molecule has 16 heavy (non-hydrogen) atoms. The third-order valence-corrected chi connectivity index (χ3v) is 4.28. The maximum atomic E-state index is 6.34. The first kappa shape index (κ1) is 10.3. The van der Waals surface area contributed by atoms with Gasteiger partial charge in [-0.05, 0) is 43.4 Å². The predicted molar refractivity (Wildman–Crippen MR) is 63.8 cm³/mol. The molecular weight excluding hydrogens is 198 g/mol. The van der Waals surface area contributed by atoms with Gasteiger partial charge in [0.05, 0.1) is 6.20 Å². The van der Waals surface area contributed by atoms with Gasteiger partial charge in [-0.25, -0.2) is 0 Å². The van der Waals surface area contributed by atoms with Gasteiger partial charge in [-0.3, -0.25) is 4.68 Å². The molecule has 0 amide bonds. The minimum atomic E-state index is 0.221. The summed E-state index contributed by atoms with van der Waals surface area (Å²) in [6, 6.07) is 0.221. The van der Waals surface area contributed by atoms with Gasteiger partial charge in [0, 0.05) is 24.3 Å². The van der Waals surface area contributed by atoms with E-state index in [1.807, 2.05) is 10.9 Å². The maximum Gasteiger partial charge on any atom is 0.0537 e. The number of nitrogens with zero attached hydrogens (tertiary/aromatic N) is 2. The third-order valence-electron chi connectivity index (χ3n) is 4.28. The Labute approximate surface area is 97.0 Å². The van der Waals surface area contributed by atoms with Crippen molar-refractivity contribution in [1.82, 2.24) is 9.78 Å². The lowest BCUT2D eigenvalue weighted by Crippen LogP contribution is -2.19. The predicted octanol–water partition coefficient (Wildman–Crippen LogP) is 2.34. The Morgan fingerprint density at radius 1 is 1.44 bits per heavy atom. The van der Waals surface area contributed by atoms with E-state index in [0.717, 1.165) is 24.8 Å². The van der Waals surface area contributed by atoms with Crippen LogP contribution in [0.4, 0.5) is 0 Å². The van der Waals surface area contributed by atoms with Crippen LogP contribution in [0.3, 0.4) is 0 Å². The second kappa shape index (κ2) is 3.88. The smallest absolute Gasteiger partial charge is 0.0537 e. The van der Waals surface area contributed by atoms with E-state index in [9.17, 15) is 0 Å². The Bertz CT molecular complexity index is 361. The molecule has 0 spiro atoms. The number of aryl methyl sites for hydroxylation is 1. The fourth-order valence-corrected chi connectivity index (χ4v) is 3.23. The van der Waals surface area contributed by atoms with E-state index in [4.69, 9.17) is 5.73 Å². The molecule has 2 aliphatic rings. The fourth-order valence-electron chi connectivity index (χ4n) is 3.23. The molecule has 2 N–H and O–H groups in total. The normalized spacial score (nSPS) is 33.8. The van der Waals surface area contributed by atoms with Crippen molar-refractivity contribution in [2.75, 3.05) is 0 Å². The van der Waals surface area contributed by atoms with E-state index in [1.54, 1.807) is 0 Å². The molecule has 3 nitrogen and oxygen atoms in total. The first-order valence-corrected chi connectivity index (χ1v) is 6.56. The van der Waals surface area contributed by atoms with Crippen molar-refractivity contribution in [2.45, 2.75) is 45.2 Å². The Kier molecular flexibility index (Phi) is 2.51. The first-order chi connectivity index (χ1) is 7.78. The lowest BCUT2D eigenvalue weighted by molar-refractivity contribution is 0.403. The molecule has 2 fully saturated rings. The average molecular weight is 219 g/mol. The summed E-state index contributed by atoms with van der Waals surface area (Å²) in [7, 11) is 0. The van der Waals surface area contributed by atoms with Crippen molar-refractivity contribution in [3.63, 3.8) is 0 Å². The van der Waals surface area contributed by atoms with Crippen molar-refractivity contribution in [3.05, 3.63) is 18.0 Å². The molecule has 0 aromatic carbocycles. The molecule has 2 saturated carbocycles. The zero-order valence-corrected chi connectivity index (χ0v) is 9.97. The van der Waals surface area contributed by atoms with Gasteiger partial charge in [-0.15, -0.1) is 0 Å². The first-order valence-electron chi connectivity index (χ1n) is 6.56. The van der Waals surface area contributed by atoms with Crippen molar-refractivity contribution < 1.29 is 0 Å². The number of hydrogen-bond acceptors (Lipinski definition) is 2. The molecule has 88 valence electrons. The summed E-state index contributed by atoms with van der Waals surface area (Å²) in [6.45, 7) is 3.18. The SMILES string of the molecule is CCCn1cc(C(N)C2CC3CC3C2)cn1. The molecule has 3 heteroatoms. The Morgan fingerprint density at radius 3 is 2.88 bits per heavy atom. The van der Waals surface area contributed by atoms with Crippen LogP contribution in [0.15, 0.2) is 12.4 Å². The summed E-state index contributed by atoms with van der Waals surface area (Å²) in [5, 5.41) is 4.37. The molecule has 1 aromatic heterocycles. The number of fused-ring (bicyclic) bond motifs is 1. The van der Waals surface area contributed by atoms with Crippen LogP contribution in [0.1, 0.15) is 44.2 Å². The van der Waals surface area contributed by atoms with E-state index in [-0.39, 0.29) is 6.04 Å². The Morgan fingerprint density at radius 2 is 2.19 bits per heavy atom. The van der Waals surface area contributed by atoms with Gasteiger partial charge in [0.15, 0.2) is 0 Å². The molecule has 1 aromatic rings. The van der Waals surface area contributed by atoms with Crippen LogP contribution in [-0.2, 0) is 6.54 Å². The molecule has 2 aliphatic carbocycles. The van der Waals surface area contributed by atoms with Gasteiger partial charge < -0.3 is 5.73 Å². The molecule has 1 heterocycles. The van der Waals surface area contributed by atoms with E-state index in [1.165, 1.54) is 24.8 Å². The highest BCUT2D eigenvalue weighted by Crippen LogP contribution is 2.56. The van der Waals surface area contributed by atoms with Crippen molar-refractivity contribution >= 4 is 0 Å². The van der Waals surface area contributed by atoms with Crippen LogP contribution in [-0.4, -0.2) is 9.78 Å². The van der Waals surface area contributed by atoms with Gasteiger partial charge >= 0.3 is 0 Å². The standard InChI is InChI=1S/C13H21N3/c1-2-3-16-8-12(7-15-16)13(14)11-5-9-4-10(9)6-11/h7-11,13H,2-6,14H2,1H3. The maximum absolute atomic E-state index is 6.34. The second-order valence-electron chi connectivity index (χ2n) is 5.55. The molecule has 0 aliphatic heterocycles. The topological polar surface area (TPSA) is 43.8 Å². The van der Waals surface area contributed by atoms with Crippen LogP contribution < -0.4 is 5.73 Å². The highest BCUT2D eigenvalue weighted by atomic mass is 15.3. The summed E-state index contributed by atoms with van der Waals surface area (Å²) in [5.41, 5.74) is 7.58. The van der Waals surface area contributed by atoms with Crippen LogP contribution >= 0.6 is 0 Å². The summed E-state index contributed by atoms with van der Waals surface area (Å²) < 4.78 is 2.02. The minimum absolute atomic E-state index is 0.221. The molecule has 0 radical (unpaired) electrons. The molecule has 0 bridgehead atoms. The second-order valence-corrected chi connectivity index (χ2v) is 5.55. The van der Waals surface area contributed by atoms with Crippen LogP contribution in [0.25, 0.3) is 0 Å². The van der Waals surface area contributed by atoms with Crippen LogP contribution in [0, 0.1) is 17.8 Å². The lowest BCUT2D eigenvalue weighted by Gasteiger charge is -2.19. The molecule has 3 unspecified atom stereocenters. The number of rotatable bonds is 4. The van der Waals surface area contributed by atoms with Crippen molar-refractivity contribution in [2.24, 2.45) is 23.5 Å². The quantitative estimate of drug-likeness (QED) is 0.844. The van der Waals surface area contributed by atoms with E-state index in [0.29, 0.717) is 5.92 Å². The average Bonchev–Trinajstić information content (AvgIpc) is 2.74. The summed E-state index contributed by atoms with van der Waals surface area (Å²) in [5.74, 6) is 2.74. The Hall–Kier alpha value is -0.830. The van der Waals surface area contributed by atoms with Crippen LogP contribution in [0.5, 0.6) is 0 Å². The number of nitrogens with two attached hydrogens (primary N) is 1. The number of aromatic nitrogens is 2. The monoisotopic (exact) mass is 219 g/mol. The van der Waals surface area contributed by atoms with Gasteiger partial charge in [-0.2, -0.15) is 5.10 Å². The number of hydrogen-bond donors (Lipinski definition) is 1. The van der Waals surface area contributed by atoms with Crippen molar-refractivity contribution in [1.29, 1.82) is 0 Å². The third kappa shape index (κ3) is 1.77. The highest BCUT2D eigenvalue weighted by molar-refractivity contribution is 5.13. The largest absolute Gasteiger partial charge is 0.324 e. The summed E-state index contributed by atoms with van der Waals surface area (Å²) in [6.07, 6.45) is 9.40. The lowest BCUT2D eigenvalue weighted by atomic mass is 9.91. The summed E-state index contributed by atoms with van der Waals surface area (Å²) >= 11 is 0. The van der Waals surface area contributed by atoms with E-state index < -0.39 is 0 Å². The van der Waals surface area contributed by atoms with Crippen LogP contribution in [0.2, 0.25) is 0 Å². The summed E-state index contributed by atoms with van der Waals surface area (Å²) in [4.78, 5) is 0.